The summed E-state index contributed by atoms with van der Waals surface area (Å²) in [5.41, 5.74) is 3.82. The smallest absolute Gasteiger partial charge is 0.119 e. The van der Waals surface area contributed by atoms with Gasteiger partial charge in [0.05, 0.1) is 13.2 Å². The Morgan fingerprint density at radius 3 is 2.83 bits per heavy atom. The molecule has 92 valence electrons. The van der Waals surface area contributed by atoms with Gasteiger partial charge >= 0.3 is 0 Å². The second-order valence-electron chi connectivity index (χ2n) is 4.45. The van der Waals surface area contributed by atoms with Crippen LogP contribution in [0.2, 0.25) is 0 Å². The third-order valence-corrected chi connectivity index (χ3v) is 4.07. The summed E-state index contributed by atoms with van der Waals surface area (Å²) in [4.78, 5) is 0. The zero-order valence-corrected chi connectivity index (χ0v) is 11.7. The van der Waals surface area contributed by atoms with Crippen molar-refractivity contribution < 1.29 is 4.74 Å². The Bertz CT molecular complexity index is 582. The van der Waals surface area contributed by atoms with Gasteiger partial charge in [0.2, 0.25) is 0 Å². The van der Waals surface area contributed by atoms with E-state index >= 15 is 0 Å². The fourth-order valence-corrected chi connectivity index (χ4v) is 2.97. The summed E-state index contributed by atoms with van der Waals surface area (Å²) in [5, 5.41) is 3.56. The summed E-state index contributed by atoms with van der Waals surface area (Å²) < 4.78 is 6.42. The molecule has 2 aromatic carbocycles. The molecular formula is C15H14BrNO. The lowest BCUT2D eigenvalue weighted by molar-refractivity contribution is 0.414. The first-order valence-corrected chi connectivity index (χ1v) is 6.75. The Morgan fingerprint density at radius 2 is 2.06 bits per heavy atom. The molecule has 1 aliphatic rings. The molecule has 1 N–H and O–H groups in total. The average molecular weight is 304 g/mol. The van der Waals surface area contributed by atoms with Gasteiger partial charge in [-0.05, 0) is 41.8 Å². The summed E-state index contributed by atoms with van der Waals surface area (Å²) in [5.74, 6) is 0.920. The van der Waals surface area contributed by atoms with Crippen LogP contribution in [-0.2, 0) is 6.42 Å². The highest BCUT2D eigenvalue weighted by Crippen LogP contribution is 2.38. The number of benzene rings is 2. The number of methoxy groups -OCH3 is 1. The lowest BCUT2D eigenvalue weighted by Crippen LogP contribution is -2.06. The number of fused-ring (bicyclic) bond motifs is 1. The molecule has 3 rings (SSSR count). The zero-order valence-electron chi connectivity index (χ0n) is 10.1. The minimum Gasteiger partial charge on any atom is -0.497 e. The third-order valence-electron chi connectivity index (χ3n) is 3.35. The number of hydrogen-bond acceptors (Lipinski definition) is 2. The number of halogens is 1. The van der Waals surface area contributed by atoms with Gasteiger partial charge < -0.3 is 10.1 Å². The van der Waals surface area contributed by atoms with Crippen molar-refractivity contribution in [1.82, 2.24) is 0 Å². The van der Waals surface area contributed by atoms with E-state index in [4.69, 9.17) is 4.74 Å². The van der Waals surface area contributed by atoms with E-state index in [1.165, 1.54) is 16.8 Å². The largest absolute Gasteiger partial charge is 0.497 e. The van der Waals surface area contributed by atoms with E-state index in [0.29, 0.717) is 6.04 Å². The first-order chi connectivity index (χ1) is 8.78. The van der Waals surface area contributed by atoms with Gasteiger partial charge in [-0.2, -0.15) is 0 Å². The molecule has 2 aromatic rings. The van der Waals surface area contributed by atoms with Crippen LogP contribution in [0.15, 0.2) is 46.9 Å². The molecule has 2 nitrogen and oxygen atoms in total. The molecule has 1 unspecified atom stereocenters. The predicted molar refractivity (Wildman–Crippen MR) is 77.2 cm³/mol. The Hall–Kier alpha value is -1.48. The van der Waals surface area contributed by atoms with E-state index in [1.54, 1.807) is 7.11 Å². The number of nitrogens with one attached hydrogen (secondary N) is 1. The van der Waals surface area contributed by atoms with E-state index < -0.39 is 0 Å². The van der Waals surface area contributed by atoms with Crippen LogP contribution in [0, 0.1) is 0 Å². The maximum absolute atomic E-state index is 5.27. The first kappa shape index (κ1) is 11.6. The summed E-state index contributed by atoms with van der Waals surface area (Å²) in [6.07, 6.45) is 0.995. The van der Waals surface area contributed by atoms with Gasteiger partial charge in [0.1, 0.15) is 5.75 Å². The van der Waals surface area contributed by atoms with Gasteiger partial charge in [-0.3, -0.25) is 0 Å². The molecular weight excluding hydrogens is 290 g/mol. The second-order valence-corrected chi connectivity index (χ2v) is 5.30. The van der Waals surface area contributed by atoms with Crippen LogP contribution in [0.4, 0.5) is 5.69 Å². The molecule has 0 saturated heterocycles. The molecule has 0 fully saturated rings. The Kier molecular flexibility index (Phi) is 3.00. The molecule has 0 saturated carbocycles. The fraction of sp³-hybridized carbons (Fsp3) is 0.200. The fourth-order valence-electron chi connectivity index (χ4n) is 2.41. The van der Waals surface area contributed by atoms with Crippen molar-refractivity contribution in [3.63, 3.8) is 0 Å². The van der Waals surface area contributed by atoms with Crippen LogP contribution < -0.4 is 10.1 Å². The lowest BCUT2D eigenvalue weighted by Gasteiger charge is -2.13. The Morgan fingerprint density at radius 1 is 1.22 bits per heavy atom. The molecule has 0 aliphatic carbocycles. The standard InChI is InChI=1S/C15H14BrNO/c1-18-11-6-7-14-10(8-11)9-15(17-14)12-4-2-3-5-13(12)16/h2-8,15,17H,9H2,1H3. The molecule has 1 heterocycles. The van der Waals surface area contributed by atoms with Gasteiger partial charge in [0.15, 0.2) is 0 Å². The maximum atomic E-state index is 5.27. The van der Waals surface area contributed by atoms with Crippen LogP contribution >= 0.6 is 15.9 Å². The minimum absolute atomic E-state index is 0.336. The van der Waals surface area contributed by atoms with Crippen molar-refractivity contribution in [3.05, 3.63) is 58.1 Å². The van der Waals surface area contributed by atoms with Gasteiger partial charge in [-0.25, -0.2) is 0 Å². The van der Waals surface area contributed by atoms with Gasteiger partial charge in [-0.15, -0.1) is 0 Å². The molecule has 18 heavy (non-hydrogen) atoms. The van der Waals surface area contributed by atoms with Crippen LogP contribution in [0.3, 0.4) is 0 Å². The number of anilines is 1. The van der Waals surface area contributed by atoms with Crippen LogP contribution in [0.25, 0.3) is 0 Å². The highest BCUT2D eigenvalue weighted by atomic mass is 79.9. The monoisotopic (exact) mass is 303 g/mol. The SMILES string of the molecule is COc1ccc2c(c1)CC(c1ccccc1Br)N2. The summed E-state index contributed by atoms with van der Waals surface area (Å²) in [7, 11) is 1.70. The quantitative estimate of drug-likeness (QED) is 0.899. The van der Waals surface area contributed by atoms with Gasteiger partial charge in [0, 0.05) is 10.2 Å². The Balaban J connectivity index is 1.91. The average Bonchev–Trinajstić information content (AvgIpc) is 2.81. The molecule has 0 amide bonds. The molecule has 0 bridgehead atoms. The molecule has 1 aliphatic heterocycles. The van der Waals surface area contributed by atoms with Crippen molar-refractivity contribution in [2.45, 2.75) is 12.5 Å². The maximum Gasteiger partial charge on any atom is 0.119 e. The molecule has 0 aromatic heterocycles. The van der Waals surface area contributed by atoms with Crippen LogP contribution in [0.5, 0.6) is 5.75 Å². The second kappa shape index (κ2) is 4.65. The highest BCUT2D eigenvalue weighted by Gasteiger charge is 2.23. The first-order valence-electron chi connectivity index (χ1n) is 5.96. The zero-order chi connectivity index (χ0) is 12.5. The topological polar surface area (TPSA) is 21.3 Å². The lowest BCUT2D eigenvalue weighted by atomic mass is 10.0. The van der Waals surface area contributed by atoms with Gasteiger partial charge in [0.25, 0.3) is 0 Å². The number of hydrogen-bond donors (Lipinski definition) is 1. The summed E-state index contributed by atoms with van der Waals surface area (Å²) in [6.45, 7) is 0. The van der Waals surface area contributed by atoms with Crippen molar-refractivity contribution in [2.24, 2.45) is 0 Å². The highest BCUT2D eigenvalue weighted by molar-refractivity contribution is 9.10. The van der Waals surface area contributed by atoms with E-state index in [2.05, 4.69) is 51.6 Å². The molecule has 3 heteroatoms. The van der Waals surface area contributed by atoms with Crippen molar-refractivity contribution in [3.8, 4) is 5.75 Å². The summed E-state index contributed by atoms with van der Waals surface area (Å²) in [6, 6.07) is 14.9. The molecule has 1 atom stereocenters. The van der Waals surface area contributed by atoms with Crippen molar-refractivity contribution in [2.75, 3.05) is 12.4 Å². The van der Waals surface area contributed by atoms with Crippen molar-refractivity contribution in [1.29, 1.82) is 0 Å². The van der Waals surface area contributed by atoms with E-state index in [-0.39, 0.29) is 0 Å². The third kappa shape index (κ3) is 1.99. The van der Waals surface area contributed by atoms with E-state index in [9.17, 15) is 0 Å². The Labute approximate surface area is 115 Å². The minimum atomic E-state index is 0.336. The summed E-state index contributed by atoms with van der Waals surface area (Å²) >= 11 is 3.61. The predicted octanol–water partition coefficient (Wildman–Crippen LogP) is 4.17. The molecule has 0 spiro atoms. The normalized spacial score (nSPS) is 17.1. The van der Waals surface area contributed by atoms with E-state index in [0.717, 1.165) is 16.6 Å². The van der Waals surface area contributed by atoms with E-state index in [1.807, 2.05) is 12.1 Å². The molecule has 0 radical (unpaired) electrons. The van der Waals surface area contributed by atoms with Crippen LogP contribution in [-0.4, -0.2) is 7.11 Å². The number of rotatable bonds is 2. The number of ether oxygens (including phenoxy) is 1. The van der Waals surface area contributed by atoms with Crippen LogP contribution in [0.1, 0.15) is 17.2 Å². The van der Waals surface area contributed by atoms with Crippen molar-refractivity contribution >= 4 is 21.6 Å². The van der Waals surface area contributed by atoms with Gasteiger partial charge in [-0.1, -0.05) is 34.1 Å².